The van der Waals surface area contributed by atoms with Gasteiger partial charge in [-0.15, -0.1) is 0 Å². The Bertz CT molecular complexity index is 1630. The number of amides is 1. The number of aliphatic hydroxyl groups excluding tert-OH is 4. The van der Waals surface area contributed by atoms with Crippen molar-refractivity contribution in [2.75, 3.05) is 12.4 Å². The first kappa shape index (κ1) is 44.1. The van der Waals surface area contributed by atoms with Crippen LogP contribution in [0.1, 0.15) is 40.5 Å². The van der Waals surface area contributed by atoms with Crippen LogP contribution < -0.4 is 21.9 Å². The topological polar surface area (TPSA) is 279 Å². The van der Waals surface area contributed by atoms with Crippen LogP contribution in [0.3, 0.4) is 0 Å². The van der Waals surface area contributed by atoms with Crippen LogP contribution in [-0.2, 0) is 35.5 Å². The molecule has 2 heterocycles. The van der Waals surface area contributed by atoms with Gasteiger partial charge in [-0.2, -0.15) is 0 Å². The van der Waals surface area contributed by atoms with Gasteiger partial charge in [-0.1, -0.05) is 11.6 Å². The molecule has 18 nitrogen and oxygen atoms in total. The number of aromatic nitrogens is 4. The lowest BCUT2D eigenvalue weighted by atomic mass is 10.0. The van der Waals surface area contributed by atoms with Gasteiger partial charge in [0.1, 0.15) is 18.0 Å². The Morgan fingerprint density at radius 1 is 0.878 bits per heavy atom. The van der Waals surface area contributed by atoms with Gasteiger partial charge in [0.05, 0.1) is 6.33 Å². The predicted octanol–water partition coefficient (Wildman–Crippen LogP) is -0.739. The number of carboxylic acids is 2. The van der Waals surface area contributed by atoms with Crippen LogP contribution >= 0.6 is 0 Å². The van der Waals surface area contributed by atoms with E-state index in [-0.39, 0.29) is 22.9 Å². The van der Waals surface area contributed by atoms with Gasteiger partial charge < -0.3 is 50.9 Å². The van der Waals surface area contributed by atoms with E-state index in [1.165, 1.54) is 55.4 Å². The van der Waals surface area contributed by atoms with Crippen LogP contribution in [-0.4, -0.2) is 110 Å². The molecule has 3 rings (SSSR count). The molecule has 0 aliphatic rings. The van der Waals surface area contributed by atoms with Crippen molar-refractivity contribution in [2.24, 2.45) is 21.1 Å². The Labute approximate surface area is 282 Å². The monoisotopic (exact) mass is 696 g/mol. The molecule has 0 spiro atoms. The van der Waals surface area contributed by atoms with Crippen molar-refractivity contribution >= 4 is 34.7 Å². The molecule has 18 heteroatoms. The normalized spacial score (nSPS) is 13.4. The van der Waals surface area contributed by atoms with E-state index in [0.29, 0.717) is 22.9 Å². The highest BCUT2D eigenvalue weighted by Gasteiger charge is 2.37. The summed E-state index contributed by atoms with van der Waals surface area (Å²) in [5, 5.41) is 66.1. The molecule has 0 bridgehead atoms. The predicted molar refractivity (Wildman–Crippen MR) is 180 cm³/mol. The average Bonchev–Trinajstić information content (AvgIpc) is 3.44. The SMILES string of the molecule is CC(=O)Nc1ccc(O)cc1.CNC(C)CCC=C(C)C.Cn1c(=O)c2c(ncn2C)n(C)c1=O.O=C(O)[C@@H](O)[C@H](O)[C@H](O)[C@@H](O)C(=O)O. The number of carbonyl (C=O) groups excluding carboxylic acids is 1. The van der Waals surface area contributed by atoms with E-state index >= 15 is 0 Å². The highest BCUT2D eigenvalue weighted by molar-refractivity contribution is 5.88. The molecule has 0 radical (unpaired) electrons. The van der Waals surface area contributed by atoms with Crippen molar-refractivity contribution in [1.29, 1.82) is 0 Å². The third-order valence-electron chi connectivity index (χ3n) is 6.65. The number of aliphatic carboxylic acids is 2. The largest absolute Gasteiger partial charge is 0.508 e. The summed E-state index contributed by atoms with van der Waals surface area (Å²) >= 11 is 0. The number of hydrogen-bond donors (Lipinski definition) is 9. The van der Waals surface area contributed by atoms with Crippen molar-refractivity contribution in [3.05, 3.63) is 63.1 Å². The summed E-state index contributed by atoms with van der Waals surface area (Å²) in [5.41, 5.74) is 2.29. The molecule has 1 amide bonds. The zero-order valence-corrected chi connectivity index (χ0v) is 28.7. The summed E-state index contributed by atoms with van der Waals surface area (Å²) in [5.74, 6) is -3.60. The molecule has 0 aliphatic carbocycles. The van der Waals surface area contributed by atoms with Gasteiger partial charge in [0.25, 0.3) is 5.56 Å². The maximum absolute atomic E-state index is 11.7. The first-order chi connectivity index (χ1) is 22.7. The number of anilines is 1. The number of aryl methyl sites for hydroxylation is 2. The highest BCUT2D eigenvalue weighted by atomic mass is 16.4. The highest BCUT2D eigenvalue weighted by Crippen LogP contribution is 2.13. The number of allylic oxidation sites excluding steroid dienone is 2. The Balaban J connectivity index is 0.000000634. The first-order valence-corrected chi connectivity index (χ1v) is 14.8. The lowest BCUT2D eigenvalue weighted by Crippen LogP contribution is -2.49. The molecule has 1 unspecified atom stereocenters. The number of imidazole rings is 1. The molecule has 2 aromatic heterocycles. The minimum atomic E-state index is -2.36. The second-order valence-corrected chi connectivity index (χ2v) is 11.1. The van der Waals surface area contributed by atoms with E-state index in [1.54, 1.807) is 30.8 Å². The van der Waals surface area contributed by atoms with Gasteiger partial charge in [0, 0.05) is 39.8 Å². The third kappa shape index (κ3) is 14.8. The molecule has 274 valence electrons. The van der Waals surface area contributed by atoms with Crippen LogP contribution in [0.25, 0.3) is 11.2 Å². The molecule has 3 aromatic rings. The number of aliphatic hydroxyl groups is 4. The average molecular weight is 697 g/mol. The van der Waals surface area contributed by atoms with Crippen molar-refractivity contribution in [3.8, 4) is 5.75 Å². The molecule has 0 aliphatic heterocycles. The lowest BCUT2D eigenvalue weighted by molar-refractivity contribution is -0.172. The molecule has 5 atom stereocenters. The number of benzene rings is 1. The quantitative estimate of drug-likeness (QED) is 0.0933. The number of rotatable bonds is 10. The Hall–Kier alpha value is -4.88. The number of carbonyl (C=O) groups is 3. The van der Waals surface area contributed by atoms with Gasteiger partial charge in [-0.3, -0.25) is 18.7 Å². The fourth-order valence-electron chi connectivity index (χ4n) is 3.65. The van der Waals surface area contributed by atoms with Gasteiger partial charge in [0.15, 0.2) is 23.4 Å². The Morgan fingerprint density at radius 3 is 1.78 bits per heavy atom. The summed E-state index contributed by atoms with van der Waals surface area (Å²) in [6.45, 7) is 7.93. The van der Waals surface area contributed by atoms with Crippen LogP contribution in [0.15, 0.2) is 51.8 Å². The van der Waals surface area contributed by atoms with Crippen molar-refractivity contribution in [1.82, 2.24) is 24.0 Å². The maximum atomic E-state index is 11.7. The fraction of sp³-hybridized carbons (Fsp3) is 0.484. The molecule has 1 aromatic carbocycles. The van der Waals surface area contributed by atoms with Crippen molar-refractivity contribution < 1.29 is 50.1 Å². The van der Waals surface area contributed by atoms with Gasteiger partial charge >= 0.3 is 17.6 Å². The summed E-state index contributed by atoms with van der Waals surface area (Å²) in [4.78, 5) is 57.9. The smallest absolute Gasteiger partial charge is 0.335 e. The van der Waals surface area contributed by atoms with Gasteiger partial charge in [0.2, 0.25) is 5.91 Å². The summed E-state index contributed by atoms with van der Waals surface area (Å²) in [7, 11) is 6.78. The van der Waals surface area contributed by atoms with Gasteiger partial charge in [-0.05, 0) is 64.9 Å². The summed E-state index contributed by atoms with van der Waals surface area (Å²) in [6.07, 6.45) is -3.04. The molecule has 49 heavy (non-hydrogen) atoms. The van der Waals surface area contributed by atoms with Crippen molar-refractivity contribution in [3.63, 3.8) is 0 Å². The second-order valence-electron chi connectivity index (χ2n) is 11.1. The Morgan fingerprint density at radius 2 is 1.37 bits per heavy atom. The summed E-state index contributed by atoms with van der Waals surface area (Å²) < 4.78 is 4.04. The molecule has 0 saturated carbocycles. The van der Waals surface area contributed by atoms with Crippen LogP contribution in [0.5, 0.6) is 5.75 Å². The van der Waals surface area contributed by atoms with Gasteiger partial charge in [-0.25, -0.2) is 19.4 Å². The van der Waals surface area contributed by atoms with E-state index < -0.39 is 36.4 Å². The number of hydrogen-bond acceptors (Lipinski definition) is 12. The third-order valence-corrected chi connectivity index (χ3v) is 6.65. The van der Waals surface area contributed by atoms with E-state index in [2.05, 4.69) is 42.5 Å². The van der Waals surface area contributed by atoms with Crippen LogP contribution in [0.2, 0.25) is 0 Å². The molecular weight excluding hydrogens is 648 g/mol. The second kappa shape index (κ2) is 21.2. The number of fused-ring (bicyclic) bond motifs is 1. The molecular formula is C31H48N6O12. The number of phenols is 1. The number of carboxylic acid groups (broad SMARTS) is 2. The lowest BCUT2D eigenvalue weighted by Gasteiger charge is -2.21. The fourth-order valence-corrected chi connectivity index (χ4v) is 3.65. The number of aromatic hydroxyl groups is 1. The van der Waals surface area contributed by atoms with Crippen LogP contribution in [0.4, 0.5) is 5.69 Å². The van der Waals surface area contributed by atoms with Crippen molar-refractivity contribution in [2.45, 2.75) is 71.0 Å². The first-order valence-electron chi connectivity index (χ1n) is 14.8. The van der Waals surface area contributed by atoms with E-state index in [1.807, 2.05) is 7.05 Å². The number of nitrogens with zero attached hydrogens (tertiary/aromatic N) is 4. The van der Waals surface area contributed by atoms with Crippen LogP contribution in [0, 0.1) is 0 Å². The number of phenolic OH excluding ortho intramolecular Hbond substituents is 1. The zero-order chi connectivity index (χ0) is 38.2. The molecule has 9 N–H and O–H groups in total. The Kier molecular flexibility index (Phi) is 19.1. The minimum absolute atomic E-state index is 0.115. The molecule has 0 fully saturated rings. The van der Waals surface area contributed by atoms with E-state index in [4.69, 9.17) is 35.7 Å². The standard InChI is InChI=1S/C9H19N.C8H10N4O2.C8H9NO2.C6H10O8/c1-8(2)6-5-7-9(3)10-4;1-10-4-9-6-5(10)7(13)12(3)8(14)11(6)2;1-6(10)9-7-2-4-8(11)5-3-7;7-1(3(9)5(11)12)2(8)4(10)6(13)14/h6,9-10H,5,7H2,1-4H3;4H,1-3H3;2-5,11H,1H3,(H,9,10);1-4,7-10H,(H,11,12)(H,13,14)/t;;;1-,2+,3+,4-. The summed E-state index contributed by atoms with van der Waals surface area (Å²) in [6, 6.07) is 6.96. The van der Waals surface area contributed by atoms with E-state index in [0.717, 1.165) is 4.57 Å². The molecule has 0 saturated heterocycles. The zero-order valence-electron chi connectivity index (χ0n) is 28.7. The maximum Gasteiger partial charge on any atom is 0.335 e. The number of nitrogens with one attached hydrogen (secondary N) is 2. The van der Waals surface area contributed by atoms with E-state index in [9.17, 15) is 24.0 Å². The minimum Gasteiger partial charge on any atom is -0.508 e.